The van der Waals surface area contributed by atoms with Gasteiger partial charge in [-0.25, -0.2) is 4.98 Å². The molecule has 1 amide bonds. The van der Waals surface area contributed by atoms with Crippen LogP contribution in [0.2, 0.25) is 0 Å². The van der Waals surface area contributed by atoms with Gasteiger partial charge in [0, 0.05) is 23.6 Å². The molecule has 0 fully saturated rings. The first-order chi connectivity index (χ1) is 12.6. The maximum Gasteiger partial charge on any atom is 0.257 e. The Hall–Kier alpha value is -3.47. The number of anilines is 1. The molecule has 2 aromatic heterocycles. The quantitative estimate of drug-likeness (QED) is 0.582. The van der Waals surface area contributed by atoms with E-state index in [-0.39, 0.29) is 5.91 Å². The molecule has 26 heavy (non-hydrogen) atoms. The Balaban J connectivity index is 1.65. The molecular weight excluding hydrogens is 326 g/mol. The van der Waals surface area contributed by atoms with E-state index in [9.17, 15) is 4.79 Å². The number of oxazole rings is 1. The number of aryl methyl sites for hydroxylation is 2. The van der Waals surface area contributed by atoms with E-state index in [2.05, 4.69) is 28.3 Å². The van der Waals surface area contributed by atoms with Crippen molar-refractivity contribution in [1.29, 1.82) is 0 Å². The summed E-state index contributed by atoms with van der Waals surface area (Å²) in [7, 11) is 0. The monoisotopic (exact) mass is 343 g/mol. The molecule has 5 heteroatoms. The second kappa shape index (κ2) is 6.44. The largest absolute Gasteiger partial charge is 0.436 e. The van der Waals surface area contributed by atoms with Gasteiger partial charge in [-0.1, -0.05) is 17.7 Å². The normalized spacial score (nSPS) is 10.8. The first-order valence-electron chi connectivity index (χ1n) is 8.30. The highest BCUT2D eigenvalue weighted by molar-refractivity contribution is 6.04. The number of nitrogens with one attached hydrogen (secondary N) is 1. The van der Waals surface area contributed by atoms with Crippen LogP contribution in [0.3, 0.4) is 0 Å². The van der Waals surface area contributed by atoms with Crippen LogP contribution in [0.5, 0.6) is 0 Å². The van der Waals surface area contributed by atoms with Crippen molar-refractivity contribution in [1.82, 2.24) is 9.97 Å². The molecule has 1 N–H and O–H groups in total. The van der Waals surface area contributed by atoms with Gasteiger partial charge < -0.3 is 9.73 Å². The summed E-state index contributed by atoms with van der Waals surface area (Å²) in [5.74, 6) is 0.365. The third-order valence-electron chi connectivity index (χ3n) is 4.18. The van der Waals surface area contributed by atoms with Crippen molar-refractivity contribution in [3.8, 4) is 11.5 Å². The summed E-state index contributed by atoms with van der Waals surface area (Å²) in [4.78, 5) is 20.8. The van der Waals surface area contributed by atoms with Crippen molar-refractivity contribution >= 4 is 22.7 Å². The predicted octanol–water partition coefficient (Wildman–Crippen LogP) is 4.76. The molecule has 0 aliphatic rings. The van der Waals surface area contributed by atoms with Crippen LogP contribution in [0.4, 0.5) is 5.69 Å². The third-order valence-corrected chi connectivity index (χ3v) is 4.18. The number of aromatic nitrogens is 2. The molecule has 5 nitrogen and oxygen atoms in total. The number of benzene rings is 2. The highest BCUT2D eigenvalue weighted by atomic mass is 16.3. The number of pyridine rings is 1. The van der Waals surface area contributed by atoms with Gasteiger partial charge in [0.05, 0.1) is 5.56 Å². The van der Waals surface area contributed by atoms with Crippen molar-refractivity contribution < 1.29 is 9.21 Å². The van der Waals surface area contributed by atoms with Crippen LogP contribution in [-0.2, 0) is 0 Å². The first kappa shape index (κ1) is 16.0. The standard InChI is InChI=1S/C21H17N3O2/c1-13-5-7-17(14(2)10-13)21-24-18-11-16(6-8-19(18)26-21)23-20(25)15-4-3-9-22-12-15/h3-12H,1-2H3,(H,23,25). The number of hydrogen-bond donors (Lipinski definition) is 1. The van der Waals surface area contributed by atoms with Gasteiger partial charge in [-0.2, -0.15) is 0 Å². The molecule has 0 unspecified atom stereocenters. The summed E-state index contributed by atoms with van der Waals surface area (Å²) >= 11 is 0. The lowest BCUT2D eigenvalue weighted by Crippen LogP contribution is -2.11. The molecule has 2 aromatic carbocycles. The van der Waals surface area contributed by atoms with Crippen LogP contribution in [-0.4, -0.2) is 15.9 Å². The minimum atomic E-state index is -0.212. The van der Waals surface area contributed by atoms with E-state index in [0.717, 1.165) is 11.1 Å². The molecule has 4 rings (SSSR count). The lowest BCUT2D eigenvalue weighted by molar-refractivity contribution is 0.102. The SMILES string of the molecule is Cc1ccc(-c2nc3cc(NC(=O)c4cccnc4)ccc3o2)c(C)c1. The fourth-order valence-electron chi connectivity index (χ4n) is 2.87. The highest BCUT2D eigenvalue weighted by Crippen LogP contribution is 2.28. The Morgan fingerprint density at radius 2 is 1.96 bits per heavy atom. The van der Waals surface area contributed by atoms with Gasteiger partial charge in [0.25, 0.3) is 5.91 Å². The van der Waals surface area contributed by atoms with E-state index in [1.54, 1.807) is 30.5 Å². The summed E-state index contributed by atoms with van der Waals surface area (Å²) in [6, 6.07) is 15.0. The molecule has 0 saturated heterocycles. The van der Waals surface area contributed by atoms with Gasteiger partial charge in [-0.15, -0.1) is 0 Å². The molecule has 0 aliphatic carbocycles. The number of rotatable bonds is 3. The number of amides is 1. The summed E-state index contributed by atoms with van der Waals surface area (Å²) in [6.07, 6.45) is 3.16. The molecule has 4 aromatic rings. The topological polar surface area (TPSA) is 68.0 Å². The smallest absolute Gasteiger partial charge is 0.257 e. The van der Waals surface area contributed by atoms with Crippen molar-refractivity contribution in [2.45, 2.75) is 13.8 Å². The second-order valence-electron chi connectivity index (χ2n) is 6.22. The predicted molar refractivity (Wildman–Crippen MR) is 101 cm³/mol. The summed E-state index contributed by atoms with van der Waals surface area (Å²) in [5, 5.41) is 2.86. The van der Waals surface area contributed by atoms with Crippen LogP contribution in [0.25, 0.3) is 22.6 Å². The number of carbonyl (C=O) groups is 1. The van der Waals surface area contributed by atoms with Gasteiger partial charge in [-0.3, -0.25) is 9.78 Å². The Labute approximate surface area is 150 Å². The van der Waals surface area contributed by atoms with Crippen LogP contribution < -0.4 is 5.32 Å². The van der Waals surface area contributed by atoms with Crippen LogP contribution >= 0.6 is 0 Å². The Bertz CT molecular complexity index is 1100. The van der Waals surface area contributed by atoms with Crippen LogP contribution in [0.1, 0.15) is 21.5 Å². The van der Waals surface area contributed by atoms with E-state index in [1.165, 1.54) is 11.8 Å². The van der Waals surface area contributed by atoms with Crippen molar-refractivity contribution in [2.24, 2.45) is 0 Å². The molecule has 0 aliphatic heterocycles. The summed E-state index contributed by atoms with van der Waals surface area (Å²) in [6.45, 7) is 4.09. The van der Waals surface area contributed by atoms with Crippen molar-refractivity contribution in [3.63, 3.8) is 0 Å². The minimum absolute atomic E-state index is 0.212. The molecule has 0 spiro atoms. The minimum Gasteiger partial charge on any atom is -0.436 e. The number of fused-ring (bicyclic) bond motifs is 1. The zero-order valence-corrected chi connectivity index (χ0v) is 14.5. The maximum atomic E-state index is 12.3. The molecule has 0 atom stereocenters. The van der Waals surface area contributed by atoms with E-state index in [0.29, 0.717) is 28.2 Å². The Kier molecular flexibility index (Phi) is 3.97. The molecule has 0 bridgehead atoms. The van der Waals surface area contributed by atoms with E-state index in [4.69, 9.17) is 4.42 Å². The lowest BCUT2D eigenvalue weighted by Gasteiger charge is -2.04. The molecule has 128 valence electrons. The fraction of sp³-hybridized carbons (Fsp3) is 0.0952. The van der Waals surface area contributed by atoms with E-state index < -0.39 is 0 Å². The van der Waals surface area contributed by atoms with Crippen molar-refractivity contribution in [3.05, 3.63) is 77.6 Å². The maximum absolute atomic E-state index is 12.3. The zero-order valence-electron chi connectivity index (χ0n) is 14.5. The van der Waals surface area contributed by atoms with Gasteiger partial charge in [-0.05, 0) is 55.8 Å². The zero-order chi connectivity index (χ0) is 18.1. The van der Waals surface area contributed by atoms with Gasteiger partial charge in [0.2, 0.25) is 5.89 Å². The summed E-state index contributed by atoms with van der Waals surface area (Å²) < 4.78 is 5.89. The second-order valence-corrected chi connectivity index (χ2v) is 6.22. The first-order valence-corrected chi connectivity index (χ1v) is 8.30. The molecule has 0 saturated carbocycles. The lowest BCUT2D eigenvalue weighted by atomic mass is 10.1. The average molecular weight is 343 g/mol. The molecule has 2 heterocycles. The van der Waals surface area contributed by atoms with E-state index in [1.807, 2.05) is 25.1 Å². The summed E-state index contributed by atoms with van der Waals surface area (Å²) in [5.41, 5.74) is 5.82. The number of nitrogens with zero attached hydrogens (tertiary/aromatic N) is 2. The third kappa shape index (κ3) is 3.07. The Morgan fingerprint density at radius 1 is 1.08 bits per heavy atom. The molecular formula is C21H17N3O2. The van der Waals surface area contributed by atoms with Crippen LogP contribution in [0, 0.1) is 13.8 Å². The van der Waals surface area contributed by atoms with Crippen LogP contribution in [0.15, 0.2) is 65.3 Å². The van der Waals surface area contributed by atoms with Gasteiger partial charge in [0.15, 0.2) is 5.58 Å². The number of hydrogen-bond acceptors (Lipinski definition) is 4. The van der Waals surface area contributed by atoms with Crippen molar-refractivity contribution in [2.75, 3.05) is 5.32 Å². The Morgan fingerprint density at radius 3 is 2.73 bits per heavy atom. The van der Waals surface area contributed by atoms with Gasteiger partial charge in [0.1, 0.15) is 5.52 Å². The highest BCUT2D eigenvalue weighted by Gasteiger charge is 2.12. The average Bonchev–Trinajstić information content (AvgIpc) is 3.05. The fourth-order valence-corrected chi connectivity index (χ4v) is 2.87. The number of carbonyl (C=O) groups excluding carboxylic acids is 1. The van der Waals surface area contributed by atoms with Gasteiger partial charge >= 0.3 is 0 Å². The van der Waals surface area contributed by atoms with E-state index >= 15 is 0 Å². The molecule has 0 radical (unpaired) electrons.